The molecule has 0 saturated heterocycles. The first-order valence-electron chi connectivity index (χ1n) is 8.29. The largest absolute Gasteiger partial charge is 0.382 e. The van der Waals surface area contributed by atoms with Crippen molar-refractivity contribution in [1.29, 1.82) is 0 Å². The van der Waals surface area contributed by atoms with Crippen molar-refractivity contribution in [3.8, 4) is 0 Å². The van der Waals surface area contributed by atoms with E-state index < -0.39 is 0 Å². The Kier molecular flexibility index (Phi) is 19.5. The standard InChI is InChI=1S/C16H35NO6/c1-17(2)5-4-6-19-9-10-21-13-14-23-16-15-22-12-11-20-8-7-18-3/h4-16H2,1-3H3. The lowest BCUT2D eigenvalue weighted by Gasteiger charge is -2.10. The van der Waals surface area contributed by atoms with Crippen LogP contribution in [0.5, 0.6) is 0 Å². The van der Waals surface area contributed by atoms with Crippen LogP contribution in [0.3, 0.4) is 0 Å². The second-order valence-corrected chi connectivity index (χ2v) is 5.21. The highest BCUT2D eigenvalue weighted by Gasteiger charge is 1.94. The smallest absolute Gasteiger partial charge is 0.0701 e. The number of hydrogen-bond donors (Lipinski definition) is 0. The van der Waals surface area contributed by atoms with E-state index in [-0.39, 0.29) is 0 Å². The molecule has 0 aromatic rings. The summed E-state index contributed by atoms with van der Waals surface area (Å²) >= 11 is 0. The summed E-state index contributed by atoms with van der Waals surface area (Å²) in [6.45, 7) is 7.77. The molecule has 0 aromatic carbocycles. The van der Waals surface area contributed by atoms with E-state index in [0.717, 1.165) is 19.6 Å². The lowest BCUT2D eigenvalue weighted by molar-refractivity contribution is -0.0148. The molecule has 0 aliphatic carbocycles. The Bertz CT molecular complexity index is 219. The summed E-state index contributed by atoms with van der Waals surface area (Å²) in [5.41, 5.74) is 0. The molecular formula is C16H35NO6. The minimum Gasteiger partial charge on any atom is -0.382 e. The van der Waals surface area contributed by atoms with Crippen LogP contribution >= 0.6 is 0 Å². The summed E-state index contributed by atoms with van der Waals surface area (Å²) in [7, 11) is 5.77. The fraction of sp³-hybridized carbons (Fsp3) is 1.00. The van der Waals surface area contributed by atoms with E-state index in [1.807, 2.05) is 0 Å². The van der Waals surface area contributed by atoms with Gasteiger partial charge in [0.2, 0.25) is 0 Å². The van der Waals surface area contributed by atoms with Crippen LogP contribution in [-0.4, -0.2) is 105 Å². The zero-order chi connectivity index (χ0) is 17.0. The summed E-state index contributed by atoms with van der Waals surface area (Å²) in [4.78, 5) is 2.15. The van der Waals surface area contributed by atoms with E-state index in [2.05, 4.69) is 19.0 Å². The number of rotatable bonds is 19. The van der Waals surface area contributed by atoms with Gasteiger partial charge in [-0.1, -0.05) is 0 Å². The first kappa shape index (κ1) is 22.7. The van der Waals surface area contributed by atoms with Gasteiger partial charge in [0.1, 0.15) is 0 Å². The predicted octanol–water partition coefficient (Wildman–Crippen LogP) is 0.668. The van der Waals surface area contributed by atoms with Crippen LogP contribution in [0.1, 0.15) is 6.42 Å². The van der Waals surface area contributed by atoms with Crippen LogP contribution in [0.15, 0.2) is 0 Å². The third kappa shape index (κ3) is 21.7. The summed E-state index contributed by atoms with van der Waals surface area (Å²) in [5.74, 6) is 0. The second kappa shape index (κ2) is 19.8. The van der Waals surface area contributed by atoms with E-state index in [9.17, 15) is 0 Å². The van der Waals surface area contributed by atoms with Gasteiger partial charge in [-0.2, -0.15) is 0 Å². The highest BCUT2D eigenvalue weighted by molar-refractivity contribution is 4.42. The number of hydrogen-bond acceptors (Lipinski definition) is 7. The molecule has 0 aromatic heterocycles. The average molecular weight is 337 g/mol. The van der Waals surface area contributed by atoms with Crippen molar-refractivity contribution in [1.82, 2.24) is 4.90 Å². The summed E-state index contributed by atoms with van der Waals surface area (Å²) in [6.07, 6.45) is 1.05. The van der Waals surface area contributed by atoms with Crippen molar-refractivity contribution < 1.29 is 28.4 Å². The molecule has 7 heteroatoms. The van der Waals surface area contributed by atoms with Gasteiger partial charge >= 0.3 is 0 Å². The van der Waals surface area contributed by atoms with Crippen molar-refractivity contribution in [3.05, 3.63) is 0 Å². The van der Waals surface area contributed by atoms with Gasteiger partial charge in [0.15, 0.2) is 0 Å². The Morgan fingerprint density at radius 3 is 1.22 bits per heavy atom. The van der Waals surface area contributed by atoms with E-state index in [1.54, 1.807) is 7.11 Å². The maximum absolute atomic E-state index is 5.46. The topological polar surface area (TPSA) is 58.6 Å². The maximum Gasteiger partial charge on any atom is 0.0701 e. The second-order valence-electron chi connectivity index (χ2n) is 5.21. The molecule has 0 spiro atoms. The minimum absolute atomic E-state index is 0.572. The number of methoxy groups -OCH3 is 1. The number of ether oxygens (including phenoxy) is 6. The highest BCUT2D eigenvalue weighted by Crippen LogP contribution is 1.87. The van der Waals surface area contributed by atoms with Gasteiger partial charge in [-0.25, -0.2) is 0 Å². The van der Waals surface area contributed by atoms with Crippen LogP contribution in [0.25, 0.3) is 0 Å². The van der Waals surface area contributed by atoms with Crippen molar-refractivity contribution in [2.24, 2.45) is 0 Å². The minimum atomic E-state index is 0.572. The van der Waals surface area contributed by atoms with Crippen molar-refractivity contribution >= 4 is 0 Å². The predicted molar refractivity (Wildman–Crippen MR) is 89.1 cm³/mol. The molecule has 0 amide bonds. The zero-order valence-electron chi connectivity index (χ0n) is 15.1. The van der Waals surface area contributed by atoms with E-state index in [1.165, 1.54) is 0 Å². The first-order chi connectivity index (χ1) is 11.3. The van der Waals surface area contributed by atoms with Crippen LogP contribution in [0.2, 0.25) is 0 Å². The summed E-state index contributed by atoms with van der Waals surface area (Å²) in [5, 5.41) is 0. The average Bonchev–Trinajstić information content (AvgIpc) is 2.53. The van der Waals surface area contributed by atoms with E-state index in [4.69, 9.17) is 28.4 Å². The Hall–Kier alpha value is -0.280. The van der Waals surface area contributed by atoms with Crippen molar-refractivity contribution in [2.45, 2.75) is 6.42 Å². The van der Waals surface area contributed by atoms with Gasteiger partial charge < -0.3 is 33.3 Å². The van der Waals surface area contributed by atoms with Gasteiger partial charge in [-0.05, 0) is 27.1 Å². The molecule has 7 nitrogen and oxygen atoms in total. The fourth-order valence-corrected chi connectivity index (χ4v) is 1.61. The molecule has 0 aliphatic heterocycles. The summed E-state index contributed by atoms with van der Waals surface area (Å²) in [6, 6.07) is 0. The number of nitrogens with zero attached hydrogens (tertiary/aromatic N) is 1. The normalized spacial score (nSPS) is 11.5. The molecule has 0 bridgehead atoms. The zero-order valence-corrected chi connectivity index (χ0v) is 15.1. The Balaban J connectivity index is 2.95. The molecule has 0 unspecified atom stereocenters. The maximum atomic E-state index is 5.46. The van der Waals surface area contributed by atoms with Gasteiger partial charge in [0.25, 0.3) is 0 Å². The molecule has 0 aliphatic rings. The third-order valence-corrected chi connectivity index (χ3v) is 2.81. The molecule has 0 fully saturated rings. The molecule has 0 saturated carbocycles. The van der Waals surface area contributed by atoms with Gasteiger partial charge in [-0.15, -0.1) is 0 Å². The molecule has 0 radical (unpaired) electrons. The quantitative estimate of drug-likeness (QED) is 0.321. The van der Waals surface area contributed by atoms with Crippen LogP contribution < -0.4 is 0 Å². The third-order valence-electron chi connectivity index (χ3n) is 2.81. The van der Waals surface area contributed by atoms with E-state index in [0.29, 0.717) is 66.1 Å². The highest BCUT2D eigenvalue weighted by atomic mass is 16.6. The van der Waals surface area contributed by atoms with Gasteiger partial charge in [-0.3, -0.25) is 0 Å². The molecule has 0 heterocycles. The summed E-state index contributed by atoms with van der Waals surface area (Å²) < 4.78 is 31.8. The molecule has 0 N–H and O–H groups in total. The molecule has 23 heavy (non-hydrogen) atoms. The van der Waals surface area contributed by atoms with Crippen LogP contribution in [0.4, 0.5) is 0 Å². The Morgan fingerprint density at radius 1 is 0.522 bits per heavy atom. The Labute approximate surface area is 141 Å². The molecule has 140 valence electrons. The molecule has 0 atom stereocenters. The molecule has 0 rings (SSSR count). The fourth-order valence-electron chi connectivity index (χ4n) is 1.61. The first-order valence-corrected chi connectivity index (χ1v) is 8.29. The SMILES string of the molecule is COCCOCCOCCOCCOCCOCCCN(C)C. The van der Waals surface area contributed by atoms with Gasteiger partial charge in [0, 0.05) is 13.7 Å². The lowest BCUT2D eigenvalue weighted by atomic mass is 10.4. The lowest BCUT2D eigenvalue weighted by Crippen LogP contribution is -2.16. The van der Waals surface area contributed by atoms with Crippen molar-refractivity contribution in [3.63, 3.8) is 0 Å². The van der Waals surface area contributed by atoms with Crippen molar-refractivity contribution in [2.75, 3.05) is 100 Å². The van der Waals surface area contributed by atoms with Crippen LogP contribution in [-0.2, 0) is 28.4 Å². The van der Waals surface area contributed by atoms with Crippen LogP contribution in [0, 0.1) is 0 Å². The Morgan fingerprint density at radius 2 is 0.870 bits per heavy atom. The molecular weight excluding hydrogens is 302 g/mol. The van der Waals surface area contributed by atoms with Gasteiger partial charge in [0.05, 0.1) is 66.1 Å². The van der Waals surface area contributed by atoms with E-state index >= 15 is 0 Å². The monoisotopic (exact) mass is 337 g/mol.